The predicted molar refractivity (Wildman–Crippen MR) is 52.6 cm³/mol. The molecule has 0 N–H and O–H groups in total. The Hall–Kier alpha value is -0.370. The van der Waals surface area contributed by atoms with E-state index in [0.29, 0.717) is 11.8 Å². The molecule has 74 valence electrons. The standard InChI is InChI=1S/C11H19NO/c1-12-7-3-2-4-9-5-6-10(13)8-11(9)12/h9,11H,2-8H2,1H3. The second-order valence-corrected chi connectivity index (χ2v) is 4.59. The van der Waals surface area contributed by atoms with Gasteiger partial charge in [-0.25, -0.2) is 0 Å². The van der Waals surface area contributed by atoms with Crippen LogP contribution in [0.2, 0.25) is 0 Å². The van der Waals surface area contributed by atoms with Crippen LogP contribution in [-0.4, -0.2) is 30.3 Å². The van der Waals surface area contributed by atoms with Crippen LogP contribution in [0.4, 0.5) is 0 Å². The number of hydrogen-bond donors (Lipinski definition) is 0. The highest BCUT2D eigenvalue weighted by Gasteiger charge is 2.32. The number of nitrogens with zero attached hydrogens (tertiary/aromatic N) is 1. The molecule has 2 aliphatic rings. The lowest BCUT2D eigenvalue weighted by atomic mass is 9.81. The second kappa shape index (κ2) is 3.79. The molecule has 2 fully saturated rings. The van der Waals surface area contributed by atoms with Crippen LogP contribution in [0.15, 0.2) is 0 Å². The van der Waals surface area contributed by atoms with Crippen LogP contribution in [0.5, 0.6) is 0 Å². The third-order valence-corrected chi connectivity index (χ3v) is 3.68. The summed E-state index contributed by atoms with van der Waals surface area (Å²) < 4.78 is 0. The average molecular weight is 181 g/mol. The first-order chi connectivity index (χ1) is 6.27. The Morgan fingerprint density at radius 2 is 2.15 bits per heavy atom. The van der Waals surface area contributed by atoms with Crippen LogP contribution in [0.1, 0.15) is 38.5 Å². The van der Waals surface area contributed by atoms with E-state index in [2.05, 4.69) is 11.9 Å². The predicted octanol–water partition coefficient (Wildman–Crippen LogP) is 1.84. The van der Waals surface area contributed by atoms with E-state index < -0.39 is 0 Å². The number of ketones is 1. The van der Waals surface area contributed by atoms with E-state index >= 15 is 0 Å². The summed E-state index contributed by atoms with van der Waals surface area (Å²) in [6.07, 6.45) is 6.84. The summed E-state index contributed by atoms with van der Waals surface area (Å²) in [5, 5.41) is 0. The number of fused-ring (bicyclic) bond motifs is 1. The topological polar surface area (TPSA) is 20.3 Å². The molecule has 2 heteroatoms. The lowest BCUT2D eigenvalue weighted by Crippen LogP contribution is -2.41. The molecule has 0 radical (unpaired) electrons. The minimum absolute atomic E-state index is 0.481. The van der Waals surface area contributed by atoms with Crippen molar-refractivity contribution >= 4 is 5.78 Å². The fraction of sp³-hybridized carbons (Fsp3) is 0.909. The third-order valence-electron chi connectivity index (χ3n) is 3.68. The van der Waals surface area contributed by atoms with Crippen LogP contribution in [0.25, 0.3) is 0 Å². The largest absolute Gasteiger partial charge is 0.303 e. The molecule has 0 aromatic carbocycles. The number of likely N-dealkylation sites (tertiary alicyclic amines) is 1. The summed E-state index contributed by atoms with van der Waals surface area (Å²) in [6.45, 7) is 1.19. The molecule has 1 saturated heterocycles. The highest BCUT2D eigenvalue weighted by Crippen LogP contribution is 2.32. The van der Waals surface area contributed by atoms with Gasteiger partial charge in [-0.1, -0.05) is 6.42 Å². The first kappa shape index (κ1) is 9.20. The minimum Gasteiger partial charge on any atom is -0.303 e. The molecular weight excluding hydrogens is 162 g/mol. The molecule has 0 aromatic rings. The van der Waals surface area contributed by atoms with Crippen molar-refractivity contribution < 1.29 is 4.79 Å². The van der Waals surface area contributed by atoms with Crippen molar-refractivity contribution in [3.63, 3.8) is 0 Å². The normalized spacial score (nSPS) is 36.8. The van der Waals surface area contributed by atoms with Gasteiger partial charge in [0.2, 0.25) is 0 Å². The van der Waals surface area contributed by atoms with Gasteiger partial charge in [0.05, 0.1) is 0 Å². The number of rotatable bonds is 0. The first-order valence-corrected chi connectivity index (χ1v) is 5.49. The van der Waals surface area contributed by atoms with E-state index in [4.69, 9.17) is 0 Å². The number of carbonyl (C=O) groups is 1. The summed E-state index contributed by atoms with van der Waals surface area (Å²) in [5.74, 6) is 1.29. The van der Waals surface area contributed by atoms with E-state index in [0.717, 1.165) is 25.2 Å². The molecule has 1 saturated carbocycles. The maximum atomic E-state index is 11.3. The molecule has 0 aromatic heterocycles. The van der Waals surface area contributed by atoms with Gasteiger partial charge in [0.15, 0.2) is 0 Å². The van der Waals surface area contributed by atoms with Gasteiger partial charge in [-0.15, -0.1) is 0 Å². The van der Waals surface area contributed by atoms with Gasteiger partial charge in [-0.05, 0) is 38.8 Å². The Kier molecular flexibility index (Phi) is 2.68. The molecule has 1 aliphatic carbocycles. The van der Waals surface area contributed by atoms with Crippen LogP contribution in [-0.2, 0) is 4.79 Å². The molecule has 13 heavy (non-hydrogen) atoms. The SMILES string of the molecule is CN1CCCCC2CCC(=O)CC21. The van der Waals surface area contributed by atoms with Gasteiger partial charge in [-0.3, -0.25) is 4.79 Å². The monoisotopic (exact) mass is 181 g/mol. The van der Waals surface area contributed by atoms with Crippen molar-refractivity contribution in [1.82, 2.24) is 4.90 Å². The number of Topliss-reactive ketones (excluding diaryl/α,β-unsaturated/α-hetero) is 1. The maximum absolute atomic E-state index is 11.3. The van der Waals surface area contributed by atoms with Gasteiger partial charge in [-0.2, -0.15) is 0 Å². The summed E-state index contributed by atoms with van der Waals surface area (Å²) in [7, 11) is 2.18. The van der Waals surface area contributed by atoms with Crippen LogP contribution < -0.4 is 0 Å². The molecule has 0 amide bonds. The average Bonchev–Trinajstić information content (AvgIpc) is 2.29. The van der Waals surface area contributed by atoms with E-state index in [1.165, 1.54) is 25.8 Å². The summed E-state index contributed by atoms with van der Waals surface area (Å²) in [4.78, 5) is 13.8. The van der Waals surface area contributed by atoms with Crippen LogP contribution in [0.3, 0.4) is 0 Å². The molecule has 2 atom stereocenters. The van der Waals surface area contributed by atoms with Gasteiger partial charge in [0.25, 0.3) is 0 Å². The molecule has 0 bridgehead atoms. The zero-order valence-electron chi connectivity index (χ0n) is 8.46. The lowest BCUT2D eigenvalue weighted by molar-refractivity contribution is -0.123. The zero-order chi connectivity index (χ0) is 9.26. The van der Waals surface area contributed by atoms with E-state index in [9.17, 15) is 4.79 Å². The molecule has 2 rings (SSSR count). The van der Waals surface area contributed by atoms with Gasteiger partial charge >= 0.3 is 0 Å². The first-order valence-electron chi connectivity index (χ1n) is 5.49. The molecule has 2 nitrogen and oxygen atoms in total. The van der Waals surface area contributed by atoms with E-state index in [1.807, 2.05) is 0 Å². The van der Waals surface area contributed by atoms with Crippen molar-refractivity contribution in [2.75, 3.05) is 13.6 Å². The fourth-order valence-corrected chi connectivity index (χ4v) is 2.83. The van der Waals surface area contributed by atoms with E-state index in [-0.39, 0.29) is 0 Å². The number of carbonyl (C=O) groups excluding carboxylic acids is 1. The molecular formula is C11H19NO. The van der Waals surface area contributed by atoms with Crippen molar-refractivity contribution in [3.05, 3.63) is 0 Å². The van der Waals surface area contributed by atoms with E-state index in [1.54, 1.807) is 0 Å². The lowest BCUT2D eigenvalue weighted by Gasteiger charge is -2.35. The van der Waals surface area contributed by atoms with Crippen molar-refractivity contribution in [1.29, 1.82) is 0 Å². The molecule has 0 spiro atoms. The quantitative estimate of drug-likeness (QED) is 0.568. The van der Waals surface area contributed by atoms with Crippen molar-refractivity contribution in [3.8, 4) is 0 Å². The number of hydrogen-bond acceptors (Lipinski definition) is 2. The van der Waals surface area contributed by atoms with Gasteiger partial charge in [0, 0.05) is 18.9 Å². The zero-order valence-corrected chi connectivity index (χ0v) is 8.46. The van der Waals surface area contributed by atoms with Crippen LogP contribution in [0, 0.1) is 5.92 Å². The Bertz CT molecular complexity index is 202. The van der Waals surface area contributed by atoms with Crippen molar-refractivity contribution in [2.45, 2.75) is 44.6 Å². The van der Waals surface area contributed by atoms with Crippen LogP contribution >= 0.6 is 0 Å². The van der Waals surface area contributed by atoms with Gasteiger partial charge < -0.3 is 4.90 Å². The summed E-state index contributed by atoms with van der Waals surface area (Å²) in [5.41, 5.74) is 0. The Balaban J connectivity index is 2.07. The summed E-state index contributed by atoms with van der Waals surface area (Å²) in [6, 6.07) is 0.573. The maximum Gasteiger partial charge on any atom is 0.134 e. The minimum atomic E-state index is 0.481. The highest BCUT2D eigenvalue weighted by atomic mass is 16.1. The summed E-state index contributed by atoms with van der Waals surface area (Å²) >= 11 is 0. The smallest absolute Gasteiger partial charge is 0.134 e. The fourth-order valence-electron chi connectivity index (χ4n) is 2.83. The third kappa shape index (κ3) is 1.93. The second-order valence-electron chi connectivity index (χ2n) is 4.59. The Labute approximate surface area is 80.3 Å². The highest BCUT2D eigenvalue weighted by molar-refractivity contribution is 5.79. The Morgan fingerprint density at radius 3 is 3.00 bits per heavy atom. The molecule has 2 unspecified atom stereocenters. The molecule has 1 aliphatic heterocycles. The van der Waals surface area contributed by atoms with Gasteiger partial charge in [0.1, 0.15) is 5.78 Å². The van der Waals surface area contributed by atoms with Crippen molar-refractivity contribution in [2.24, 2.45) is 5.92 Å². The Morgan fingerprint density at radius 1 is 1.31 bits per heavy atom. The molecule has 1 heterocycles.